The number of aromatic nitrogens is 3. The van der Waals surface area contributed by atoms with Gasteiger partial charge in [-0.3, -0.25) is 9.78 Å². The second kappa shape index (κ2) is 11.1. The fourth-order valence-electron chi connectivity index (χ4n) is 4.89. The predicted octanol–water partition coefficient (Wildman–Crippen LogP) is 6.33. The van der Waals surface area contributed by atoms with E-state index in [9.17, 15) is 18.0 Å². The van der Waals surface area contributed by atoms with Gasteiger partial charge >= 0.3 is 6.18 Å². The van der Waals surface area contributed by atoms with Crippen LogP contribution in [0, 0.1) is 13.8 Å². The van der Waals surface area contributed by atoms with Crippen LogP contribution in [0.5, 0.6) is 0 Å². The molecule has 0 unspecified atom stereocenters. The summed E-state index contributed by atoms with van der Waals surface area (Å²) < 4.78 is 39.4. The molecule has 0 atom stereocenters. The summed E-state index contributed by atoms with van der Waals surface area (Å²) in [6, 6.07) is 14.4. The number of Topliss-reactive ketones (excluding diaryl/α,β-unsaturated/α-hetero) is 1. The lowest BCUT2D eigenvalue weighted by Gasteiger charge is -2.39. The van der Waals surface area contributed by atoms with Crippen LogP contribution in [-0.4, -0.2) is 33.9 Å². The fourth-order valence-corrected chi connectivity index (χ4v) is 4.89. The molecule has 1 aliphatic rings. The van der Waals surface area contributed by atoms with E-state index >= 15 is 0 Å². The lowest BCUT2D eigenvalue weighted by Crippen LogP contribution is -2.43. The summed E-state index contributed by atoms with van der Waals surface area (Å²) in [6.07, 6.45) is -0.152. The number of carbonyl (C=O) groups excluding carboxylic acids is 1. The van der Waals surface area contributed by atoms with Crippen molar-refractivity contribution in [3.05, 3.63) is 112 Å². The van der Waals surface area contributed by atoms with E-state index in [-0.39, 0.29) is 17.8 Å². The van der Waals surface area contributed by atoms with Gasteiger partial charge in [0, 0.05) is 60.8 Å². The van der Waals surface area contributed by atoms with Crippen molar-refractivity contribution in [2.24, 2.45) is 0 Å². The van der Waals surface area contributed by atoms with Crippen molar-refractivity contribution in [2.75, 3.05) is 23.0 Å². The molecule has 2 aromatic carbocycles. The number of hydrogen-bond acceptors (Lipinski definition) is 6. The summed E-state index contributed by atoms with van der Waals surface area (Å²) >= 11 is 0. The molecule has 0 radical (unpaired) electrons. The van der Waals surface area contributed by atoms with Gasteiger partial charge in [0.2, 0.25) is 0 Å². The molecule has 0 aliphatic carbocycles. The first-order valence-corrected chi connectivity index (χ1v) is 13.2. The highest BCUT2D eigenvalue weighted by Crippen LogP contribution is 2.32. The SMILES string of the molecule is CCN1CN(c2cc(CC(=O)c3cccc(C(F)(F)F)c3)ccc2C)Cc2cnc(Cc3ccc(C)nc3)nc21. The maximum absolute atomic E-state index is 13.1. The molecule has 0 bridgehead atoms. The van der Waals surface area contributed by atoms with E-state index in [0.717, 1.165) is 64.0 Å². The Morgan fingerprint density at radius 2 is 1.77 bits per heavy atom. The molecule has 0 saturated carbocycles. The second-order valence-corrected chi connectivity index (χ2v) is 10.1. The van der Waals surface area contributed by atoms with E-state index in [2.05, 4.69) is 26.7 Å². The lowest BCUT2D eigenvalue weighted by molar-refractivity contribution is -0.137. The van der Waals surface area contributed by atoms with Gasteiger partial charge in [-0.1, -0.05) is 30.3 Å². The zero-order chi connectivity index (χ0) is 28.4. The molecule has 0 fully saturated rings. The van der Waals surface area contributed by atoms with Crippen LogP contribution in [0.25, 0.3) is 0 Å². The highest BCUT2D eigenvalue weighted by atomic mass is 19.4. The first kappa shape index (κ1) is 27.3. The summed E-state index contributed by atoms with van der Waals surface area (Å²) in [5, 5.41) is 0. The summed E-state index contributed by atoms with van der Waals surface area (Å²) in [4.78, 5) is 31.2. The fraction of sp³-hybridized carbons (Fsp3) is 0.290. The first-order chi connectivity index (χ1) is 19.1. The number of fused-ring (bicyclic) bond motifs is 1. The van der Waals surface area contributed by atoms with Gasteiger partial charge in [-0.05, 0) is 61.7 Å². The molecule has 0 saturated heterocycles. The van der Waals surface area contributed by atoms with E-state index in [0.29, 0.717) is 19.6 Å². The highest BCUT2D eigenvalue weighted by molar-refractivity contribution is 5.97. The minimum atomic E-state index is -4.49. The van der Waals surface area contributed by atoms with Crippen molar-refractivity contribution in [3.8, 4) is 0 Å². The Hall–Kier alpha value is -4.27. The number of alkyl halides is 3. The molecule has 1 aliphatic heterocycles. The van der Waals surface area contributed by atoms with Crippen LogP contribution in [0.15, 0.2) is 67.0 Å². The molecule has 5 rings (SSSR count). The number of pyridine rings is 1. The number of rotatable bonds is 7. The maximum Gasteiger partial charge on any atom is 0.416 e. The largest absolute Gasteiger partial charge is 0.416 e. The number of carbonyl (C=O) groups is 1. The van der Waals surface area contributed by atoms with Crippen molar-refractivity contribution in [3.63, 3.8) is 0 Å². The van der Waals surface area contributed by atoms with Crippen molar-refractivity contribution >= 4 is 17.3 Å². The maximum atomic E-state index is 13.1. The molecule has 40 heavy (non-hydrogen) atoms. The standard InChI is InChI=1S/C31H30F3N5O/c1-4-38-19-39(18-25-17-36-29(37-30(25)38)14-23-11-9-21(3)35-16-23)27-12-22(10-8-20(27)2)13-28(40)24-6-5-7-26(15-24)31(32,33)34/h5-12,15-17H,4,13-14,18-19H2,1-3H3. The molecule has 0 amide bonds. The Morgan fingerprint density at radius 3 is 2.50 bits per heavy atom. The van der Waals surface area contributed by atoms with Crippen molar-refractivity contribution in [2.45, 2.75) is 46.3 Å². The minimum absolute atomic E-state index is 0.0108. The smallest absolute Gasteiger partial charge is 0.349 e. The van der Waals surface area contributed by atoms with Crippen LogP contribution < -0.4 is 9.80 Å². The molecule has 9 heteroatoms. The van der Waals surface area contributed by atoms with Gasteiger partial charge in [-0.25, -0.2) is 9.97 Å². The second-order valence-electron chi connectivity index (χ2n) is 10.1. The van der Waals surface area contributed by atoms with Gasteiger partial charge in [-0.15, -0.1) is 0 Å². The molecule has 3 heterocycles. The molecule has 6 nitrogen and oxygen atoms in total. The summed E-state index contributed by atoms with van der Waals surface area (Å²) in [6.45, 7) is 8.00. The van der Waals surface area contributed by atoms with Crippen molar-refractivity contribution in [1.29, 1.82) is 0 Å². The molecule has 0 N–H and O–H groups in total. The summed E-state index contributed by atoms with van der Waals surface area (Å²) in [5.41, 5.74) is 5.00. The van der Waals surface area contributed by atoms with Gasteiger partial charge in [0.05, 0.1) is 12.2 Å². The Morgan fingerprint density at radius 1 is 0.975 bits per heavy atom. The number of anilines is 2. The highest BCUT2D eigenvalue weighted by Gasteiger charge is 2.31. The number of ketones is 1. The van der Waals surface area contributed by atoms with Crippen LogP contribution in [0.4, 0.5) is 24.7 Å². The van der Waals surface area contributed by atoms with E-state index in [4.69, 9.17) is 4.98 Å². The molecule has 4 aromatic rings. The van der Waals surface area contributed by atoms with E-state index in [1.807, 2.05) is 56.6 Å². The number of aryl methyl sites for hydroxylation is 2. The van der Waals surface area contributed by atoms with Gasteiger partial charge in [-0.2, -0.15) is 13.2 Å². The molecular weight excluding hydrogens is 515 g/mol. The number of nitrogens with zero attached hydrogens (tertiary/aromatic N) is 5. The van der Waals surface area contributed by atoms with Gasteiger partial charge in [0.25, 0.3) is 0 Å². The monoisotopic (exact) mass is 545 g/mol. The summed E-state index contributed by atoms with van der Waals surface area (Å²) in [5.74, 6) is 1.30. The zero-order valence-corrected chi connectivity index (χ0v) is 22.7. The van der Waals surface area contributed by atoms with Gasteiger partial charge in [0.15, 0.2) is 5.78 Å². The minimum Gasteiger partial charge on any atom is -0.349 e. The molecular formula is C31H30F3N5O. The Balaban J connectivity index is 1.36. The Bertz CT molecular complexity index is 1540. The van der Waals surface area contributed by atoms with E-state index in [1.165, 1.54) is 12.1 Å². The third-order valence-electron chi connectivity index (χ3n) is 7.10. The van der Waals surface area contributed by atoms with Crippen LogP contribution in [0.1, 0.15) is 56.6 Å². The molecule has 206 valence electrons. The summed E-state index contributed by atoms with van der Waals surface area (Å²) in [7, 11) is 0. The van der Waals surface area contributed by atoms with E-state index in [1.54, 1.807) is 0 Å². The Labute approximate surface area is 231 Å². The van der Waals surface area contributed by atoms with E-state index < -0.39 is 11.7 Å². The topological polar surface area (TPSA) is 62.2 Å². The van der Waals surface area contributed by atoms with Crippen LogP contribution in [0.3, 0.4) is 0 Å². The normalized spacial score (nSPS) is 13.3. The average Bonchev–Trinajstić information content (AvgIpc) is 2.94. The zero-order valence-electron chi connectivity index (χ0n) is 22.7. The molecule has 0 spiro atoms. The molecule has 2 aromatic heterocycles. The first-order valence-electron chi connectivity index (χ1n) is 13.2. The Kier molecular flexibility index (Phi) is 7.56. The van der Waals surface area contributed by atoms with Crippen molar-refractivity contribution in [1.82, 2.24) is 15.0 Å². The number of benzene rings is 2. The third kappa shape index (κ3) is 5.98. The van der Waals surface area contributed by atoms with Crippen LogP contribution in [-0.2, 0) is 25.6 Å². The number of halogens is 3. The third-order valence-corrected chi connectivity index (χ3v) is 7.10. The quantitative estimate of drug-likeness (QED) is 0.253. The van der Waals surface area contributed by atoms with Crippen molar-refractivity contribution < 1.29 is 18.0 Å². The number of hydrogen-bond donors (Lipinski definition) is 0. The van der Waals surface area contributed by atoms with Gasteiger partial charge in [0.1, 0.15) is 11.6 Å². The average molecular weight is 546 g/mol. The predicted molar refractivity (Wildman–Crippen MR) is 149 cm³/mol. The van der Waals surface area contributed by atoms with Crippen LogP contribution >= 0.6 is 0 Å². The van der Waals surface area contributed by atoms with Crippen LogP contribution in [0.2, 0.25) is 0 Å². The van der Waals surface area contributed by atoms with Gasteiger partial charge < -0.3 is 9.80 Å². The lowest BCUT2D eigenvalue weighted by atomic mass is 9.99.